The number of nitrogens with zero attached hydrogens (tertiary/aromatic N) is 2. The lowest BCUT2D eigenvalue weighted by Crippen LogP contribution is -2.21. The first-order chi connectivity index (χ1) is 12.8. The average molecular weight is 383 g/mol. The number of oxazole rings is 1. The Balaban J connectivity index is 1.83. The minimum atomic E-state index is -4.44. The number of carbonyl (C=O) groups excluding carboxylic acids is 1. The van der Waals surface area contributed by atoms with E-state index in [0.29, 0.717) is 17.0 Å². The third kappa shape index (κ3) is 4.99. The van der Waals surface area contributed by atoms with Gasteiger partial charge in [-0.2, -0.15) is 13.2 Å². The summed E-state index contributed by atoms with van der Waals surface area (Å²) in [6.07, 6.45) is 2.81. The molecule has 0 spiro atoms. The van der Waals surface area contributed by atoms with Gasteiger partial charge in [0.2, 0.25) is 5.88 Å². The van der Waals surface area contributed by atoms with Gasteiger partial charge in [0.15, 0.2) is 18.7 Å². The number of aryl methyl sites for hydroxylation is 1. The van der Waals surface area contributed by atoms with Gasteiger partial charge in [-0.25, -0.2) is 9.97 Å². The summed E-state index contributed by atoms with van der Waals surface area (Å²) in [5, 5.41) is 2.66. The molecule has 0 saturated heterocycles. The molecule has 27 heavy (non-hydrogen) atoms. The van der Waals surface area contributed by atoms with Crippen LogP contribution in [-0.4, -0.2) is 28.7 Å². The van der Waals surface area contributed by atoms with E-state index in [2.05, 4.69) is 15.3 Å². The standard InChI is InChI=1S/C18H20F3N3O3/c1-11-15(23-10-27-11)16(25)24-13-7-14(12-5-3-2-4-6-12)17(22-8-13)26-9-18(19,20)21/h7-8,10,12H,2-6,9H2,1H3,(H,24,25). The third-order valence-electron chi connectivity index (χ3n) is 4.51. The highest BCUT2D eigenvalue weighted by Gasteiger charge is 2.30. The topological polar surface area (TPSA) is 77.3 Å². The second kappa shape index (κ2) is 7.98. The van der Waals surface area contributed by atoms with Gasteiger partial charge in [-0.15, -0.1) is 0 Å². The Morgan fingerprint density at radius 2 is 2.04 bits per heavy atom. The lowest BCUT2D eigenvalue weighted by Gasteiger charge is -2.24. The second-order valence-corrected chi connectivity index (χ2v) is 6.57. The van der Waals surface area contributed by atoms with Gasteiger partial charge >= 0.3 is 6.18 Å². The van der Waals surface area contributed by atoms with Crippen LogP contribution in [0.15, 0.2) is 23.1 Å². The average Bonchev–Trinajstić information content (AvgIpc) is 3.06. The minimum Gasteiger partial charge on any atom is -0.468 e. The molecule has 3 rings (SSSR count). The molecule has 0 aliphatic heterocycles. The molecule has 2 aromatic heterocycles. The van der Waals surface area contributed by atoms with E-state index < -0.39 is 18.7 Å². The molecular formula is C18H20F3N3O3. The molecule has 0 atom stereocenters. The van der Waals surface area contributed by atoms with E-state index in [1.807, 2.05) is 0 Å². The fraction of sp³-hybridized carbons (Fsp3) is 0.500. The first kappa shape index (κ1) is 19.2. The van der Waals surface area contributed by atoms with E-state index in [0.717, 1.165) is 32.1 Å². The zero-order chi connectivity index (χ0) is 19.4. The van der Waals surface area contributed by atoms with Crippen molar-refractivity contribution in [2.45, 2.75) is 51.1 Å². The number of amides is 1. The summed E-state index contributed by atoms with van der Waals surface area (Å²) < 4.78 is 47.5. The summed E-state index contributed by atoms with van der Waals surface area (Å²) >= 11 is 0. The van der Waals surface area contributed by atoms with E-state index in [-0.39, 0.29) is 17.5 Å². The molecule has 0 unspecified atom stereocenters. The molecule has 146 valence electrons. The van der Waals surface area contributed by atoms with E-state index >= 15 is 0 Å². The number of aromatic nitrogens is 2. The number of hydrogen-bond donors (Lipinski definition) is 1. The molecule has 0 aromatic carbocycles. The summed E-state index contributed by atoms with van der Waals surface area (Å²) in [6.45, 7) is 0.214. The molecule has 1 fully saturated rings. The van der Waals surface area contributed by atoms with Crippen molar-refractivity contribution in [2.24, 2.45) is 0 Å². The van der Waals surface area contributed by atoms with Gasteiger partial charge in [0.1, 0.15) is 5.76 Å². The number of anilines is 1. The molecule has 2 heterocycles. The number of halogens is 3. The molecule has 1 N–H and O–H groups in total. The number of nitrogens with one attached hydrogen (secondary N) is 1. The van der Waals surface area contributed by atoms with Crippen LogP contribution >= 0.6 is 0 Å². The fourth-order valence-electron chi connectivity index (χ4n) is 3.23. The predicted molar refractivity (Wildman–Crippen MR) is 90.8 cm³/mol. The van der Waals surface area contributed by atoms with Crippen LogP contribution in [0.25, 0.3) is 0 Å². The van der Waals surface area contributed by atoms with Crippen LogP contribution in [0.3, 0.4) is 0 Å². The molecule has 1 saturated carbocycles. The van der Waals surface area contributed by atoms with Crippen molar-refractivity contribution >= 4 is 11.6 Å². The van der Waals surface area contributed by atoms with Gasteiger partial charge in [-0.1, -0.05) is 19.3 Å². The fourth-order valence-corrected chi connectivity index (χ4v) is 3.23. The van der Waals surface area contributed by atoms with Gasteiger partial charge in [0.25, 0.3) is 5.91 Å². The molecular weight excluding hydrogens is 363 g/mol. The number of alkyl halides is 3. The zero-order valence-electron chi connectivity index (χ0n) is 14.8. The maximum atomic E-state index is 12.5. The van der Waals surface area contributed by atoms with Gasteiger partial charge in [-0.3, -0.25) is 4.79 Å². The highest BCUT2D eigenvalue weighted by atomic mass is 19.4. The van der Waals surface area contributed by atoms with E-state index in [1.165, 1.54) is 12.6 Å². The highest BCUT2D eigenvalue weighted by Crippen LogP contribution is 2.38. The van der Waals surface area contributed by atoms with Crippen LogP contribution < -0.4 is 10.1 Å². The third-order valence-corrected chi connectivity index (χ3v) is 4.51. The number of rotatable bonds is 5. The maximum absolute atomic E-state index is 12.5. The minimum absolute atomic E-state index is 0.0326. The summed E-state index contributed by atoms with van der Waals surface area (Å²) in [7, 11) is 0. The Morgan fingerprint density at radius 1 is 1.30 bits per heavy atom. The Morgan fingerprint density at radius 3 is 2.67 bits per heavy atom. The molecule has 9 heteroatoms. The monoisotopic (exact) mass is 383 g/mol. The molecule has 6 nitrogen and oxygen atoms in total. The van der Waals surface area contributed by atoms with Gasteiger partial charge < -0.3 is 14.5 Å². The first-order valence-corrected chi connectivity index (χ1v) is 8.74. The Kier molecular flexibility index (Phi) is 5.67. The summed E-state index contributed by atoms with van der Waals surface area (Å²) in [4.78, 5) is 20.2. The molecule has 2 aromatic rings. The zero-order valence-corrected chi connectivity index (χ0v) is 14.8. The van der Waals surface area contributed by atoms with Crippen LogP contribution in [0, 0.1) is 6.92 Å². The highest BCUT2D eigenvalue weighted by molar-refractivity contribution is 6.03. The first-order valence-electron chi connectivity index (χ1n) is 8.74. The van der Waals surface area contributed by atoms with Crippen molar-refractivity contribution in [3.05, 3.63) is 35.7 Å². The lowest BCUT2D eigenvalue weighted by molar-refractivity contribution is -0.154. The van der Waals surface area contributed by atoms with E-state index in [1.54, 1.807) is 13.0 Å². The van der Waals surface area contributed by atoms with E-state index in [4.69, 9.17) is 9.15 Å². The van der Waals surface area contributed by atoms with Crippen molar-refractivity contribution in [1.82, 2.24) is 9.97 Å². The normalized spacial score (nSPS) is 15.6. The van der Waals surface area contributed by atoms with Crippen LogP contribution in [0.1, 0.15) is 59.8 Å². The van der Waals surface area contributed by atoms with Crippen LogP contribution in [0.4, 0.5) is 18.9 Å². The Labute approximate surface area is 154 Å². The van der Waals surface area contributed by atoms with Crippen molar-refractivity contribution in [3.63, 3.8) is 0 Å². The Hall–Kier alpha value is -2.58. The van der Waals surface area contributed by atoms with Crippen LogP contribution in [-0.2, 0) is 0 Å². The molecule has 1 aliphatic rings. The molecule has 0 radical (unpaired) electrons. The quantitative estimate of drug-likeness (QED) is 0.815. The Bertz CT molecular complexity index is 799. The van der Waals surface area contributed by atoms with Gasteiger partial charge in [0.05, 0.1) is 11.9 Å². The van der Waals surface area contributed by atoms with Gasteiger partial charge in [-0.05, 0) is 31.7 Å². The molecule has 0 bridgehead atoms. The number of ether oxygens (including phenoxy) is 1. The number of carbonyl (C=O) groups is 1. The maximum Gasteiger partial charge on any atom is 0.422 e. The summed E-state index contributed by atoms with van der Waals surface area (Å²) in [6, 6.07) is 1.64. The summed E-state index contributed by atoms with van der Waals surface area (Å²) in [5.41, 5.74) is 1.11. The SMILES string of the molecule is Cc1ocnc1C(=O)Nc1cnc(OCC(F)(F)F)c(C2CCCCC2)c1. The molecule has 1 aliphatic carbocycles. The predicted octanol–water partition coefficient (Wildman–Crippen LogP) is 4.62. The van der Waals surface area contributed by atoms with Crippen molar-refractivity contribution in [3.8, 4) is 5.88 Å². The van der Waals surface area contributed by atoms with Crippen molar-refractivity contribution < 1.29 is 27.1 Å². The van der Waals surface area contributed by atoms with Crippen LogP contribution in [0.5, 0.6) is 5.88 Å². The molecule has 1 amide bonds. The van der Waals surface area contributed by atoms with Crippen LogP contribution in [0.2, 0.25) is 0 Å². The van der Waals surface area contributed by atoms with Gasteiger partial charge in [0, 0.05) is 5.56 Å². The van der Waals surface area contributed by atoms with Crippen molar-refractivity contribution in [2.75, 3.05) is 11.9 Å². The van der Waals surface area contributed by atoms with Crippen molar-refractivity contribution in [1.29, 1.82) is 0 Å². The largest absolute Gasteiger partial charge is 0.468 e. The lowest BCUT2D eigenvalue weighted by atomic mass is 9.84. The smallest absolute Gasteiger partial charge is 0.422 e. The number of hydrogen-bond acceptors (Lipinski definition) is 5. The second-order valence-electron chi connectivity index (χ2n) is 6.57. The van der Waals surface area contributed by atoms with E-state index in [9.17, 15) is 18.0 Å². The summed E-state index contributed by atoms with van der Waals surface area (Å²) in [5.74, 6) is -0.0744. The number of pyridine rings is 1.